The average molecular weight is 491 g/mol. The molecular weight excluding hydrogens is 459 g/mol. The summed E-state index contributed by atoms with van der Waals surface area (Å²) in [5.41, 5.74) is 2.68. The van der Waals surface area contributed by atoms with Crippen LogP contribution in [0.15, 0.2) is 36.4 Å². The van der Waals surface area contributed by atoms with Crippen LogP contribution in [0.2, 0.25) is 10.0 Å². The van der Waals surface area contributed by atoms with Crippen molar-refractivity contribution in [2.45, 2.75) is 71.5 Å². The molecule has 2 aromatic rings. The smallest absolute Gasteiger partial charge is 0.261 e. The van der Waals surface area contributed by atoms with Gasteiger partial charge >= 0.3 is 0 Å². The molecule has 1 aliphatic carbocycles. The third-order valence-corrected chi connectivity index (χ3v) is 6.90. The summed E-state index contributed by atoms with van der Waals surface area (Å²) < 4.78 is 5.82. The summed E-state index contributed by atoms with van der Waals surface area (Å²) >= 11 is 12.7. The molecule has 33 heavy (non-hydrogen) atoms. The van der Waals surface area contributed by atoms with Gasteiger partial charge in [0.2, 0.25) is 5.91 Å². The average Bonchev–Trinajstić information content (AvgIpc) is 2.78. The molecule has 0 bridgehead atoms. The van der Waals surface area contributed by atoms with Crippen LogP contribution in [-0.4, -0.2) is 35.4 Å². The quantitative estimate of drug-likeness (QED) is 0.504. The van der Waals surface area contributed by atoms with E-state index in [0.29, 0.717) is 21.4 Å². The Morgan fingerprint density at radius 2 is 1.76 bits per heavy atom. The molecule has 0 radical (unpaired) electrons. The first-order valence-electron chi connectivity index (χ1n) is 11.5. The van der Waals surface area contributed by atoms with Crippen molar-refractivity contribution >= 4 is 35.0 Å². The summed E-state index contributed by atoms with van der Waals surface area (Å²) in [6.07, 6.45) is 5.37. The monoisotopic (exact) mass is 490 g/mol. The van der Waals surface area contributed by atoms with Crippen LogP contribution in [-0.2, 0) is 16.1 Å². The van der Waals surface area contributed by atoms with Gasteiger partial charge in [-0.2, -0.15) is 0 Å². The second-order valence-corrected chi connectivity index (χ2v) is 9.61. The van der Waals surface area contributed by atoms with Gasteiger partial charge in [-0.1, -0.05) is 66.2 Å². The van der Waals surface area contributed by atoms with Crippen molar-refractivity contribution in [3.8, 4) is 5.75 Å². The number of nitrogens with zero attached hydrogens (tertiary/aromatic N) is 1. The number of nitrogens with one attached hydrogen (secondary N) is 1. The Hall–Kier alpha value is -2.24. The maximum Gasteiger partial charge on any atom is 0.261 e. The Labute approximate surface area is 206 Å². The summed E-state index contributed by atoms with van der Waals surface area (Å²) in [5.74, 6) is 0.159. The molecular formula is C26H32Cl2N2O3. The second-order valence-electron chi connectivity index (χ2n) is 8.80. The van der Waals surface area contributed by atoms with Crippen molar-refractivity contribution < 1.29 is 14.3 Å². The van der Waals surface area contributed by atoms with Crippen LogP contribution in [0, 0.1) is 13.8 Å². The van der Waals surface area contributed by atoms with Crippen molar-refractivity contribution in [2.24, 2.45) is 0 Å². The van der Waals surface area contributed by atoms with Gasteiger partial charge in [0.1, 0.15) is 11.8 Å². The minimum atomic E-state index is -0.700. The van der Waals surface area contributed by atoms with E-state index >= 15 is 0 Å². The molecule has 0 aliphatic heterocycles. The first kappa shape index (κ1) is 25.4. The van der Waals surface area contributed by atoms with Gasteiger partial charge in [-0.25, -0.2) is 0 Å². The molecule has 5 nitrogen and oxygen atoms in total. The number of ether oxygens (including phenoxy) is 1. The van der Waals surface area contributed by atoms with E-state index in [-0.39, 0.29) is 31.0 Å². The van der Waals surface area contributed by atoms with Gasteiger partial charge in [0.25, 0.3) is 5.91 Å². The molecule has 7 heteroatoms. The first-order chi connectivity index (χ1) is 15.8. The Morgan fingerprint density at radius 1 is 1.09 bits per heavy atom. The number of rotatable bonds is 8. The fourth-order valence-corrected chi connectivity index (χ4v) is 4.71. The third-order valence-electron chi connectivity index (χ3n) is 6.19. The summed E-state index contributed by atoms with van der Waals surface area (Å²) in [7, 11) is 0. The number of benzene rings is 2. The number of halogens is 2. The molecule has 1 saturated carbocycles. The predicted octanol–water partition coefficient (Wildman–Crippen LogP) is 5.86. The van der Waals surface area contributed by atoms with E-state index in [0.717, 1.165) is 36.8 Å². The minimum absolute atomic E-state index is 0.118. The van der Waals surface area contributed by atoms with Gasteiger partial charge in [0.15, 0.2) is 6.61 Å². The first-order valence-corrected chi connectivity index (χ1v) is 12.2. The largest absolute Gasteiger partial charge is 0.483 e. The van der Waals surface area contributed by atoms with E-state index in [1.54, 1.807) is 25.1 Å². The SMILES string of the molecule is Cc1ccc(OCC(=O)N(Cc2c(Cl)cccc2Cl)[C@H](C)C(=O)NC2CCCCC2)c(C)c1. The van der Waals surface area contributed by atoms with Gasteiger partial charge in [0.05, 0.1) is 0 Å². The fraction of sp³-hybridized carbons (Fsp3) is 0.462. The lowest BCUT2D eigenvalue weighted by atomic mass is 9.95. The van der Waals surface area contributed by atoms with Crippen LogP contribution in [0.1, 0.15) is 55.7 Å². The molecule has 0 saturated heterocycles. The molecule has 2 amide bonds. The highest BCUT2D eigenvalue weighted by Gasteiger charge is 2.29. The highest BCUT2D eigenvalue weighted by atomic mass is 35.5. The molecule has 0 heterocycles. The standard InChI is InChI=1S/C26H32Cl2N2O3/c1-17-12-13-24(18(2)14-17)33-16-25(31)30(15-21-22(27)10-7-11-23(21)28)19(3)26(32)29-20-8-5-4-6-9-20/h7,10-14,19-20H,4-6,8-9,15-16H2,1-3H3,(H,29,32)/t19-/m1/s1. The Morgan fingerprint density at radius 3 is 2.39 bits per heavy atom. The van der Waals surface area contributed by atoms with Gasteiger partial charge < -0.3 is 15.0 Å². The Kier molecular flexibility index (Phi) is 9.04. The molecule has 1 atom stereocenters. The number of carbonyl (C=O) groups is 2. The third kappa shape index (κ3) is 6.87. The molecule has 0 aromatic heterocycles. The number of aryl methyl sites for hydroxylation is 2. The topological polar surface area (TPSA) is 58.6 Å². The second kappa shape index (κ2) is 11.8. The van der Waals surface area contributed by atoms with Crippen LogP contribution in [0.3, 0.4) is 0 Å². The number of amides is 2. The highest BCUT2D eigenvalue weighted by Crippen LogP contribution is 2.27. The van der Waals surface area contributed by atoms with E-state index in [1.165, 1.54) is 11.3 Å². The maximum atomic E-state index is 13.3. The zero-order valence-corrected chi connectivity index (χ0v) is 21.0. The Balaban J connectivity index is 1.77. The van der Waals surface area contributed by atoms with E-state index in [4.69, 9.17) is 27.9 Å². The van der Waals surface area contributed by atoms with Crippen molar-refractivity contribution in [3.05, 3.63) is 63.1 Å². The molecule has 0 spiro atoms. The van der Waals surface area contributed by atoms with Crippen LogP contribution in [0.5, 0.6) is 5.75 Å². The van der Waals surface area contributed by atoms with Crippen LogP contribution in [0.25, 0.3) is 0 Å². The van der Waals surface area contributed by atoms with Gasteiger partial charge in [-0.3, -0.25) is 9.59 Å². The van der Waals surface area contributed by atoms with Crippen molar-refractivity contribution in [2.75, 3.05) is 6.61 Å². The van der Waals surface area contributed by atoms with Crippen LogP contribution in [0.4, 0.5) is 0 Å². The zero-order valence-electron chi connectivity index (χ0n) is 19.5. The lowest BCUT2D eigenvalue weighted by Crippen LogP contribution is -2.51. The maximum absolute atomic E-state index is 13.3. The summed E-state index contributed by atoms with van der Waals surface area (Å²) in [6, 6.07) is 10.5. The van der Waals surface area contributed by atoms with Gasteiger partial charge in [0, 0.05) is 28.2 Å². The minimum Gasteiger partial charge on any atom is -0.483 e. The van der Waals surface area contributed by atoms with Crippen molar-refractivity contribution in [1.29, 1.82) is 0 Å². The molecule has 0 unspecified atom stereocenters. The molecule has 1 aliphatic rings. The number of hydrogen-bond acceptors (Lipinski definition) is 3. The van der Waals surface area contributed by atoms with E-state index < -0.39 is 6.04 Å². The summed E-state index contributed by atoms with van der Waals surface area (Å²) in [4.78, 5) is 27.9. The van der Waals surface area contributed by atoms with E-state index in [9.17, 15) is 9.59 Å². The fourth-order valence-electron chi connectivity index (χ4n) is 4.19. The normalized spacial score (nSPS) is 15.1. The summed E-state index contributed by atoms with van der Waals surface area (Å²) in [5, 5.41) is 4.03. The van der Waals surface area contributed by atoms with Crippen molar-refractivity contribution in [3.63, 3.8) is 0 Å². The highest BCUT2D eigenvalue weighted by molar-refractivity contribution is 6.36. The predicted molar refractivity (Wildman–Crippen MR) is 133 cm³/mol. The van der Waals surface area contributed by atoms with Crippen LogP contribution < -0.4 is 10.1 Å². The molecule has 1 N–H and O–H groups in total. The van der Waals surface area contributed by atoms with Gasteiger partial charge in [-0.15, -0.1) is 0 Å². The number of hydrogen-bond donors (Lipinski definition) is 1. The zero-order chi connectivity index (χ0) is 24.0. The summed E-state index contributed by atoms with van der Waals surface area (Å²) in [6.45, 7) is 5.61. The van der Waals surface area contributed by atoms with E-state index in [2.05, 4.69) is 5.32 Å². The van der Waals surface area contributed by atoms with Crippen LogP contribution >= 0.6 is 23.2 Å². The number of carbonyl (C=O) groups excluding carboxylic acids is 2. The van der Waals surface area contributed by atoms with E-state index in [1.807, 2.05) is 32.0 Å². The molecule has 178 valence electrons. The Bertz CT molecular complexity index is 969. The lowest BCUT2D eigenvalue weighted by molar-refractivity contribution is -0.142. The van der Waals surface area contributed by atoms with Crippen molar-refractivity contribution in [1.82, 2.24) is 10.2 Å². The molecule has 2 aromatic carbocycles. The molecule has 1 fully saturated rings. The molecule has 3 rings (SSSR count). The van der Waals surface area contributed by atoms with Gasteiger partial charge in [-0.05, 0) is 57.4 Å². The lowest BCUT2D eigenvalue weighted by Gasteiger charge is -2.31.